The number of rotatable bonds is 4. The van der Waals surface area contributed by atoms with Crippen LogP contribution in [0.1, 0.15) is 16.4 Å². The van der Waals surface area contributed by atoms with Gasteiger partial charge in [0.25, 0.3) is 0 Å². The zero-order chi connectivity index (χ0) is 20.0. The third-order valence-electron chi connectivity index (χ3n) is 2.74. The van der Waals surface area contributed by atoms with Crippen LogP contribution in [0.4, 0.5) is 13.2 Å². The van der Waals surface area contributed by atoms with Crippen molar-refractivity contribution in [1.29, 1.82) is 0 Å². The van der Waals surface area contributed by atoms with Crippen LogP contribution in [0.25, 0.3) is 11.5 Å². The highest BCUT2D eigenvalue weighted by Crippen LogP contribution is 2.13. The van der Waals surface area contributed by atoms with Crippen LogP contribution in [0.3, 0.4) is 0 Å². The van der Waals surface area contributed by atoms with Gasteiger partial charge in [0.2, 0.25) is 5.89 Å². The molecule has 3 aromatic rings. The maximum atomic E-state index is 10.7. The number of halogens is 3. The van der Waals surface area contributed by atoms with Crippen LogP contribution < -0.4 is 0 Å². The first-order valence-corrected chi connectivity index (χ1v) is 6.95. The van der Waals surface area contributed by atoms with Crippen molar-refractivity contribution >= 4 is 11.9 Å². The maximum Gasteiger partial charge on any atom is 0.490 e. The summed E-state index contributed by atoms with van der Waals surface area (Å²) in [6.45, 7) is 0.202. The predicted molar refractivity (Wildman–Crippen MR) is 79.5 cm³/mol. The average molecular weight is 385 g/mol. The van der Waals surface area contributed by atoms with E-state index in [1.165, 1.54) is 11.0 Å². The summed E-state index contributed by atoms with van der Waals surface area (Å²) in [4.78, 5) is 31.7. The van der Waals surface area contributed by atoms with E-state index in [1.54, 1.807) is 18.3 Å². The molecule has 3 aromatic heterocycles. The molecule has 0 atom stereocenters. The number of alkyl halides is 3. The Morgan fingerprint density at radius 1 is 1.19 bits per heavy atom. The van der Waals surface area contributed by atoms with Gasteiger partial charge in [-0.3, -0.25) is 4.98 Å². The Hall–Kier alpha value is -3.77. The van der Waals surface area contributed by atoms with Crippen molar-refractivity contribution in [2.24, 2.45) is 0 Å². The average Bonchev–Trinajstić information content (AvgIpc) is 3.25. The fourth-order valence-corrected chi connectivity index (χ4v) is 1.60. The number of carbonyl (C=O) groups is 2. The molecule has 0 unspecified atom stereocenters. The molecule has 0 fully saturated rings. The van der Waals surface area contributed by atoms with Gasteiger partial charge in [-0.25, -0.2) is 24.2 Å². The molecule has 0 aromatic carbocycles. The van der Waals surface area contributed by atoms with Gasteiger partial charge in [-0.05, 0) is 12.1 Å². The summed E-state index contributed by atoms with van der Waals surface area (Å²) in [5, 5.41) is 20.1. The molecule has 0 saturated carbocycles. The van der Waals surface area contributed by atoms with Gasteiger partial charge in [-0.1, -0.05) is 6.07 Å². The molecule has 0 aliphatic carbocycles. The molecule has 0 amide bonds. The number of aliphatic carboxylic acids is 1. The van der Waals surface area contributed by atoms with Crippen molar-refractivity contribution in [2.75, 3.05) is 0 Å². The van der Waals surface area contributed by atoms with E-state index in [9.17, 15) is 18.0 Å². The Labute approximate surface area is 147 Å². The van der Waals surface area contributed by atoms with E-state index in [4.69, 9.17) is 19.4 Å². The topological polar surface area (TPSA) is 144 Å². The summed E-state index contributed by atoms with van der Waals surface area (Å²) in [6.07, 6.45) is -0.827. The van der Waals surface area contributed by atoms with Gasteiger partial charge in [-0.15, -0.1) is 5.10 Å². The van der Waals surface area contributed by atoms with Gasteiger partial charge >= 0.3 is 18.1 Å². The van der Waals surface area contributed by atoms with Gasteiger partial charge < -0.3 is 14.6 Å². The van der Waals surface area contributed by atoms with Gasteiger partial charge in [0, 0.05) is 6.20 Å². The second-order valence-corrected chi connectivity index (χ2v) is 4.72. The van der Waals surface area contributed by atoms with Crippen LogP contribution in [0.5, 0.6) is 0 Å². The van der Waals surface area contributed by atoms with Gasteiger partial charge in [0.05, 0.1) is 0 Å². The molecule has 142 valence electrons. The zero-order valence-corrected chi connectivity index (χ0v) is 13.2. The maximum absolute atomic E-state index is 10.7. The molecule has 0 bridgehead atoms. The smallest absolute Gasteiger partial charge is 0.476 e. The number of hydrogen-bond acceptors (Lipinski definition) is 7. The van der Waals surface area contributed by atoms with Crippen LogP contribution in [-0.4, -0.2) is 53.1 Å². The Balaban J connectivity index is 0.000000321. The van der Waals surface area contributed by atoms with E-state index in [2.05, 4.69) is 20.1 Å². The molecule has 0 radical (unpaired) electrons. The second-order valence-electron chi connectivity index (χ2n) is 4.72. The molecular weight excluding hydrogens is 375 g/mol. The summed E-state index contributed by atoms with van der Waals surface area (Å²) in [6, 6.07) is 5.45. The standard InChI is InChI=1S/C12H9N5O3.C2HF3O2/c18-12(19)9-6-20-10(15-9)5-17-7-14-11(16-17)8-3-1-2-4-13-8;3-2(4,5)1(6)7/h1-4,6-7H,5H2,(H,18,19);(H,6,7). The normalized spacial score (nSPS) is 10.8. The van der Waals surface area contributed by atoms with E-state index < -0.39 is 18.1 Å². The predicted octanol–water partition coefficient (Wildman–Crippen LogP) is 1.71. The van der Waals surface area contributed by atoms with E-state index in [-0.39, 0.29) is 18.1 Å². The van der Waals surface area contributed by atoms with Crippen LogP contribution in [0.2, 0.25) is 0 Å². The van der Waals surface area contributed by atoms with Crippen molar-refractivity contribution in [3.63, 3.8) is 0 Å². The summed E-state index contributed by atoms with van der Waals surface area (Å²) in [5.74, 6) is -3.16. The number of pyridine rings is 1. The summed E-state index contributed by atoms with van der Waals surface area (Å²) in [7, 11) is 0. The van der Waals surface area contributed by atoms with Crippen LogP contribution >= 0.6 is 0 Å². The van der Waals surface area contributed by atoms with Crippen molar-refractivity contribution in [2.45, 2.75) is 12.7 Å². The Morgan fingerprint density at radius 2 is 1.89 bits per heavy atom. The lowest BCUT2D eigenvalue weighted by atomic mass is 10.3. The third-order valence-corrected chi connectivity index (χ3v) is 2.74. The Kier molecular flexibility index (Phi) is 5.85. The summed E-state index contributed by atoms with van der Waals surface area (Å²) < 4.78 is 38.3. The molecule has 27 heavy (non-hydrogen) atoms. The largest absolute Gasteiger partial charge is 0.490 e. The Morgan fingerprint density at radius 3 is 2.41 bits per heavy atom. The van der Waals surface area contributed by atoms with E-state index >= 15 is 0 Å². The van der Waals surface area contributed by atoms with Crippen LogP contribution in [0.15, 0.2) is 41.4 Å². The fourth-order valence-electron chi connectivity index (χ4n) is 1.60. The number of nitrogens with zero attached hydrogens (tertiary/aromatic N) is 5. The van der Waals surface area contributed by atoms with Crippen molar-refractivity contribution < 1.29 is 37.4 Å². The minimum atomic E-state index is -5.08. The highest BCUT2D eigenvalue weighted by atomic mass is 19.4. The minimum absolute atomic E-state index is 0.134. The molecule has 3 heterocycles. The number of carboxylic acid groups (broad SMARTS) is 2. The lowest BCUT2D eigenvalue weighted by Gasteiger charge is -1.95. The molecule has 3 rings (SSSR count). The molecule has 0 spiro atoms. The first-order chi connectivity index (χ1) is 12.7. The SMILES string of the molecule is O=C(O)C(F)(F)F.O=C(O)c1coc(Cn2cnc(-c3ccccn3)n2)n1. The lowest BCUT2D eigenvalue weighted by Crippen LogP contribution is -2.21. The van der Waals surface area contributed by atoms with Crippen LogP contribution in [0, 0.1) is 0 Å². The molecule has 10 nitrogen and oxygen atoms in total. The third kappa shape index (κ3) is 5.62. The number of aromatic carboxylic acids is 1. The van der Waals surface area contributed by atoms with Gasteiger partial charge in [0.1, 0.15) is 24.8 Å². The lowest BCUT2D eigenvalue weighted by molar-refractivity contribution is -0.192. The zero-order valence-electron chi connectivity index (χ0n) is 13.2. The first kappa shape index (κ1) is 19.6. The highest BCUT2D eigenvalue weighted by Gasteiger charge is 2.38. The molecule has 2 N–H and O–H groups in total. The van der Waals surface area contributed by atoms with Crippen LogP contribution in [-0.2, 0) is 11.3 Å². The number of aromatic nitrogens is 5. The first-order valence-electron chi connectivity index (χ1n) is 6.95. The number of carboxylic acids is 2. The van der Waals surface area contributed by atoms with E-state index in [1.807, 2.05) is 6.07 Å². The van der Waals surface area contributed by atoms with E-state index in [0.717, 1.165) is 6.26 Å². The highest BCUT2D eigenvalue weighted by molar-refractivity contribution is 5.84. The molecule has 0 aliphatic heterocycles. The molecule has 0 aliphatic rings. The van der Waals surface area contributed by atoms with Gasteiger partial charge in [-0.2, -0.15) is 13.2 Å². The molecular formula is C14H10F3N5O5. The summed E-state index contributed by atoms with van der Waals surface area (Å²) >= 11 is 0. The fraction of sp³-hybridized carbons (Fsp3) is 0.143. The summed E-state index contributed by atoms with van der Waals surface area (Å²) in [5.41, 5.74) is 0.523. The van der Waals surface area contributed by atoms with E-state index in [0.29, 0.717) is 11.5 Å². The second kappa shape index (κ2) is 8.07. The quantitative estimate of drug-likeness (QED) is 0.685. The number of oxazole rings is 1. The molecule has 13 heteroatoms. The van der Waals surface area contributed by atoms with Crippen molar-refractivity contribution in [3.8, 4) is 11.5 Å². The Bertz CT molecular complexity index is 923. The minimum Gasteiger partial charge on any atom is -0.476 e. The van der Waals surface area contributed by atoms with Gasteiger partial charge in [0.15, 0.2) is 11.5 Å². The molecule has 0 saturated heterocycles. The monoisotopic (exact) mass is 385 g/mol. The number of hydrogen-bond donors (Lipinski definition) is 2. The van der Waals surface area contributed by atoms with Crippen molar-refractivity contribution in [3.05, 3.63) is 48.6 Å². The van der Waals surface area contributed by atoms with Crippen molar-refractivity contribution in [1.82, 2.24) is 24.7 Å².